The van der Waals surface area contributed by atoms with Crippen LogP contribution in [0.3, 0.4) is 0 Å². The Kier molecular flexibility index (Phi) is 3.91. The zero-order valence-corrected chi connectivity index (χ0v) is 11.1. The van der Waals surface area contributed by atoms with Crippen LogP contribution in [-0.2, 0) is 0 Å². The second-order valence-corrected chi connectivity index (χ2v) is 4.72. The first-order valence-electron chi connectivity index (χ1n) is 6.11. The van der Waals surface area contributed by atoms with E-state index in [1.165, 1.54) is 5.56 Å². The van der Waals surface area contributed by atoms with Gasteiger partial charge in [0.25, 0.3) is 0 Å². The van der Waals surface area contributed by atoms with Gasteiger partial charge in [0.05, 0.1) is 11.6 Å². The number of aromatic nitrogens is 1. The number of hydrogen-bond donors (Lipinski definition) is 2. The Morgan fingerprint density at radius 3 is 2.72 bits per heavy atom. The number of hydrazine groups is 1. The minimum Gasteiger partial charge on any atom is -0.329 e. The molecule has 18 heavy (non-hydrogen) atoms. The molecule has 0 saturated carbocycles. The van der Waals surface area contributed by atoms with Crippen LogP contribution < -0.4 is 11.2 Å². The van der Waals surface area contributed by atoms with Crippen molar-refractivity contribution in [2.24, 2.45) is 5.73 Å². The third kappa shape index (κ3) is 2.85. The quantitative estimate of drug-likeness (QED) is 0.802. The van der Waals surface area contributed by atoms with Gasteiger partial charge < -0.3 is 5.73 Å². The van der Waals surface area contributed by atoms with Crippen molar-refractivity contribution in [3.05, 3.63) is 41.6 Å². The smallest absolute Gasteiger partial charge is 0.0705 e. The van der Waals surface area contributed by atoms with E-state index in [-0.39, 0.29) is 6.04 Å². The topological polar surface area (TPSA) is 54.2 Å². The lowest BCUT2D eigenvalue weighted by Gasteiger charge is -2.22. The molecule has 1 unspecified atom stereocenters. The van der Waals surface area contributed by atoms with Crippen molar-refractivity contribution >= 4 is 10.9 Å². The highest BCUT2D eigenvalue weighted by atomic mass is 15.5. The van der Waals surface area contributed by atoms with Crippen LogP contribution in [0.5, 0.6) is 0 Å². The van der Waals surface area contributed by atoms with E-state index in [0.29, 0.717) is 6.54 Å². The summed E-state index contributed by atoms with van der Waals surface area (Å²) in [5.41, 5.74) is 12.4. The average Bonchev–Trinajstić information content (AvgIpc) is 2.35. The number of nitrogens with zero attached hydrogens (tertiary/aromatic N) is 2. The number of nitrogens with one attached hydrogen (secondary N) is 1. The molecule has 1 heterocycles. The first kappa shape index (κ1) is 13.0. The van der Waals surface area contributed by atoms with Crippen LogP contribution in [0.1, 0.15) is 17.3 Å². The maximum Gasteiger partial charge on any atom is 0.0705 e. The molecule has 3 N–H and O–H groups in total. The van der Waals surface area contributed by atoms with E-state index in [0.717, 1.165) is 16.6 Å². The molecule has 0 saturated heterocycles. The number of benzene rings is 1. The Bertz CT molecular complexity index is 536. The fraction of sp³-hybridized carbons (Fsp3) is 0.357. The van der Waals surface area contributed by atoms with E-state index in [1.54, 1.807) is 0 Å². The maximum atomic E-state index is 5.82. The Labute approximate surface area is 108 Å². The van der Waals surface area contributed by atoms with Crippen molar-refractivity contribution in [1.82, 2.24) is 15.4 Å². The summed E-state index contributed by atoms with van der Waals surface area (Å²) in [5.74, 6) is 0. The monoisotopic (exact) mass is 244 g/mol. The van der Waals surface area contributed by atoms with Crippen LogP contribution in [0.4, 0.5) is 0 Å². The molecular weight excluding hydrogens is 224 g/mol. The first-order valence-corrected chi connectivity index (χ1v) is 6.11. The number of pyridine rings is 1. The van der Waals surface area contributed by atoms with Gasteiger partial charge in [-0.15, -0.1) is 0 Å². The summed E-state index contributed by atoms with van der Waals surface area (Å²) >= 11 is 0. The summed E-state index contributed by atoms with van der Waals surface area (Å²) in [5, 5.41) is 3.08. The van der Waals surface area contributed by atoms with Gasteiger partial charge in [-0.25, -0.2) is 10.4 Å². The highest BCUT2D eigenvalue weighted by molar-refractivity contribution is 5.79. The molecule has 0 spiro atoms. The van der Waals surface area contributed by atoms with Gasteiger partial charge in [0.15, 0.2) is 0 Å². The molecule has 0 fully saturated rings. The van der Waals surface area contributed by atoms with Gasteiger partial charge >= 0.3 is 0 Å². The molecule has 1 aromatic carbocycles. The minimum absolute atomic E-state index is 0.130. The fourth-order valence-corrected chi connectivity index (χ4v) is 2.04. The van der Waals surface area contributed by atoms with Crippen LogP contribution >= 0.6 is 0 Å². The van der Waals surface area contributed by atoms with Crippen LogP contribution in [0.2, 0.25) is 0 Å². The zero-order valence-electron chi connectivity index (χ0n) is 11.1. The van der Waals surface area contributed by atoms with E-state index in [1.807, 2.05) is 32.1 Å². The largest absolute Gasteiger partial charge is 0.329 e. The Morgan fingerprint density at radius 1 is 1.28 bits per heavy atom. The van der Waals surface area contributed by atoms with E-state index < -0.39 is 0 Å². The lowest BCUT2D eigenvalue weighted by molar-refractivity contribution is 0.246. The molecule has 0 radical (unpaired) electrons. The standard InChI is InChI=1S/C14H20N4/c1-10-4-5-11-8-12(6-7-13(11)16-10)14(9-15)17-18(2)3/h4-8,14,17H,9,15H2,1-3H3. The van der Waals surface area contributed by atoms with Gasteiger partial charge in [-0.1, -0.05) is 12.1 Å². The summed E-state index contributed by atoms with van der Waals surface area (Å²) in [6.07, 6.45) is 0. The molecule has 0 aliphatic carbocycles. The number of fused-ring (bicyclic) bond motifs is 1. The molecule has 0 bridgehead atoms. The molecule has 2 aromatic rings. The van der Waals surface area contributed by atoms with Crippen molar-refractivity contribution in [3.8, 4) is 0 Å². The van der Waals surface area contributed by atoms with Crippen molar-refractivity contribution in [3.63, 3.8) is 0 Å². The molecule has 4 heteroatoms. The van der Waals surface area contributed by atoms with Gasteiger partial charge in [-0.05, 0) is 30.7 Å². The Hall–Kier alpha value is -1.49. The molecule has 0 amide bonds. The first-order chi connectivity index (χ1) is 8.60. The van der Waals surface area contributed by atoms with E-state index in [2.05, 4.69) is 34.7 Å². The van der Waals surface area contributed by atoms with Crippen LogP contribution in [0.15, 0.2) is 30.3 Å². The fourth-order valence-electron chi connectivity index (χ4n) is 2.04. The molecule has 4 nitrogen and oxygen atoms in total. The lowest BCUT2D eigenvalue weighted by atomic mass is 10.0. The van der Waals surface area contributed by atoms with Crippen molar-refractivity contribution in [2.45, 2.75) is 13.0 Å². The second kappa shape index (κ2) is 5.44. The Morgan fingerprint density at radius 2 is 2.06 bits per heavy atom. The highest BCUT2D eigenvalue weighted by Crippen LogP contribution is 2.19. The van der Waals surface area contributed by atoms with Crippen molar-refractivity contribution in [2.75, 3.05) is 20.6 Å². The SMILES string of the molecule is Cc1ccc2cc(C(CN)NN(C)C)ccc2n1. The maximum absolute atomic E-state index is 5.82. The van der Waals surface area contributed by atoms with Crippen molar-refractivity contribution in [1.29, 1.82) is 0 Å². The molecule has 0 aliphatic rings. The third-order valence-electron chi connectivity index (χ3n) is 2.90. The minimum atomic E-state index is 0.130. The van der Waals surface area contributed by atoms with Crippen LogP contribution in [-0.4, -0.2) is 30.6 Å². The number of nitrogens with two attached hydrogens (primary N) is 1. The third-order valence-corrected chi connectivity index (χ3v) is 2.90. The lowest BCUT2D eigenvalue weighted by Crippen LogP contribution is -2.37. The molecular formula is C14H20N4. The summed E-state index contributed by atoms with van der Waals surface area (Å²) in [6, 6.07) is 10.6. The summed E-state index contributed by atoms with van der Waals surface area (Å²) in [6.45, 7) is 2.56. The second-order valence-electron chi connectivity index (χ2n) is 4.72. The van der Waals surface area contributed by atoms with E-state index in [9.17, 15) is 0 Å². The molecule has 96 valence electrons. The van der Waals surface area contributed by atoms with Gasteiger partial charge in [-0.2, -0.15) is 0 Å². The van der Waals surface area contributed by atoms with Crippen LogP contribution in [0, 0.1) is 6.92 Å². The number of hydrogen-bond acceptors (Lipinski definition) is 4. The van der Waals surface area contributed by atoms with Crippen molar-refractivity contribution < 1.29 is 0 Å². The number of aryl methyl sites for hydroxylation is 1. The van der Waals surface area contributed by atoms with Gasteiger partial charge in [0, 0.05) is 31.7 Å². The normalized spacial score (nSPS) is 13.2. The molecule has 0 aliphatic heterocycles. The van der Waals surface area contributed by atoms with Gasteiger partial charge in [0.2, 0.25) is 0 Å². The zero-order chi connectivity index (χ0) is 13.1. The summed E-state index contributed by atoms with van der Waals surface area (Å²) < 4.78 is 0. The summed E-state index contributed by atoms with van der Waals surface area (Å²) in [7, 11) is 3.93. The molecule has 1 aromatic heterocycles. The van der Waals surface area contributed by atoms with Gasteiger partial charge in [0.1, 0.15) is 0 Å². The highest BCUT2D eigenvalue weighted by Gasteiger charge is 2.10. The predicted molar refractivity (Wildman–Crippen MR) is 75.1 cm³/mol. The predicted octanol–water partition coefficient (Wildman–Crippen LogP) is 1.61. The van der Waals surface area contributed by atoms with E-state index >= 15 is 0 Å². The van der Waals surface area contributed by atoms with Gasteiger partial charge in [-0.3, -0.25) is 4.98 Å². The number of rotatable bonds is 4. The van der Waals surface area contributed by atoms with Crippen LogP contribution in [0.25, 0.3) is 10.9 Å². The molecule has 1 atom stereocenters. The average molecular weight is 244 g/mol. The molecule has 2 rings (SSSR count). The van der Waals surface area contributed by atoms with E-state index in [4.69, 9.17) is 5.73 Å². The summed E-state index contributed by atoms with van der Waals surface area (Å²) in [4.78, 5) is 4.50. The Balaban J connectivity index is 2.36.